The van der Waals surface area contributed by atoms with Crippen molar-refractivity contribution in [1.29, 1.82) is 0 Å². The van der Waals surface area contributed by atoms with Gasteiger partial charge in [0.05, 0.1) is 0 Å². The van der Waals surface area contributed by atoms with Gasteiger partial charge >= 0.3 is 5.97 Å². The van der Waals surface area contributed by atoms with Gasteiger partial charge in [0.2, 0.25) is 5.91 Å². The van der Waals surface area contributed by atoms with Crippen LogP contribution in [0, 0.1) is 5.92 Å². The summed E-state index contributed by atoms with van der Waals surface area (Å²) in [5.41, 5.74) is -0.462. The van der Waals surface area contributed by atoms with E-state index in [1.807, 2.05) is 27.7 Å². The minimum Gasteiger partial charge on any atom is -0.458 e. The Morgan fingerprint density at radius 3 is 2.55 bits per heavy atom. The highest BCUT2D eigenvalue weighted by atomic mass is 16.6. The summed E-state index contributed by atoms with van der Waals surface area (Å²) in [6, 6.07) is -0.421. The van der Waals surface area contributed by atoms with E-state index in [2.05, 4.69) is 6.92 Å². The lowest BCUT2D eigenvalue weighted by Crippen LogP contribution is -2.45. The summed E-state index contributed by atoms with van der Waals surface area (Å²) in [7, 11) is 0. The van der Waals surface area contributed by atoms with Crippen LogP contribution in [0.15, 0.2) is 0 Å². The van der Waals surface area contributed by atoms with Crippen molar-refractivity contribution in [3.8, 4) is 0 Å². The summed E-state index contributed by atoms with van der Waals surface area (Å²) in [6.07, 6.45) is 4.09. The molecular weight excluding hydrogens is 254 g/mol. The molecule has 0 N–H and O–H groups in total. The number of amides is 1. The number of carbonyl (C=O) groups excluding carboxylic acids is 2. The molecule has 0 aromatic heterocycles. The van der Waals surface area contributed by atoms with Gasteiger partial charge in [-0.25, -0.2) is 4.79 Å². The fraction of sp³-hybridized carbons (Fsp3) is 0.875. The van der Waals surface area contributed by atoms with Crippen molar-refractivity contribution in [2.75, 3.05) is 6.54 Å². The van der Waals surface area contributed by atoms with Gasteiger partial charge in [0.1, 0.15) is 11.6 Å². The number of nitrogens with zero attached hydrogens (tertiary/aromatic N) is 1. The first-order valence-electron chi connectivity index (χ1n) is 7.86. The molecule has 116 valence electrons. The summed E-state index contributed by atoms with van der Waals surface area (Å²) >= 11 is 0. The number of esters is 1. The van der Waals surface area contributed by atoms with E-state index in [0.717, 1.165) is 19.3 Å². The second-order valence-electron chi connectivity index (χ2n) is 6.36. The van der Waals surface area contributed by atoms with Crippen molar-refractivity contribution in [3.63, 3.8) is 0 Å². The highest BCUT2D eigenvalue weighted by Gasteiger charge is 2.38. The molecule has 0 spiro atoms. The van der Waals surface area contributed by atoms with Gasteiger partial charge in [-0.15, -0.1) is 0 Å². The molecule has 1 heterocycles. The van der Waals surface area contributed by atoms with Crippen LogP contribution < -0.4 is 0 Å². The first kappa shape index (κ1) is 17.0. The molecule has 0 aliphatic carbocycles. The summed E-state index contributed by atoms with van der Waals surface area (Å²) in [5.74, 6) is 0.236. The fourth-order valence-corrected chi connectivity index (χ4v) is 2.64. The van der Waals surface area contributed by atoms with E-state index in [9.17, 15) is 9.59 Å². The third-order valence-corrected chi connectivity index (χ3v) is 4.20. The second-order valence-corrected chi connectivity index (χ2v) is 6.36. The number of rotatable bonds is 7. The average Bonchev–Trinajstić information content (AvgIpc) is 2.71. The largest absolute Gasteiger partial charge is 0.458 e. The molecule has 1 rings (SSSR count). The van der Waals surface area contributed by atoms with E-state index in [1.165, 1.54) is 0 Å². The Kier molecular flexibility index (Phi) is 6.03. The zero-order valence-corrected chi connectivity index (χ0v) is 13.6. The Labute approximate surface area is 122 Å². The van der Waals surface area contributed by atoms with E-state index in [4.69, 9.17) is 4.74 Å². The first-order valence-corrected chi connectivity index (χ1v) is 7.86. The van der Waals surface area contributed by atoms with Gasteiger partial charge in [-0.3, -0.25) is 4.79 Å². The summed E-state index contributed by atoms with van der Waals surface area (Å²) < 4.78 is 5.56. The summed E-state index contributed by atoms with van der Waals surface area (Å²) in [4.78, 5) is 26.2. The van der Waals surface area contributed by atoms with Crippen molar-refractivity contribution in [2.45, 2.75) is 78.4 Å². The normalized spacial score (nSPS) is 21.1. The highest BCUT2D eigenvalue weighted by molar-refractivity contribution is 5.86. The lowest BCUT2D eigenvalue weighted by molar-refractivity contribution is -0.165. The van der Waals surface area contributed by atoms with Crippen LogP contribution in [-0.2, 0) is 14.3 Å². The molecule has 1 amide bonds. The number of hydrogen-bond donors (Lipinski definition) is 0. The van der Waals surface area contributed by atoms with Crippen molar-refractivity contribution >= 4 is 11.9 Å². The molecule has 2 atom stereocenters. The van der Waals surface area contributed by atoms with E-state index in [-0.39, 0.29) is 11.9 Å². The molecule has 20 heavy (non-hydrogen) atoms. The molecule has 0 aromatic carbocycles. The van der Waals surface area contributed by atoms with Gasteiger partial charge in [0.25, 0.3) is 0 Å². The van der Waals surface area contributed by atoms with Crippen LogP contribution in [0.25, 0.3) is 0 Å². The van der Waals surface area contributed by atoms with Gasteiger partial charge in [0, 0.05) is 13.0 Å². The van der Waals surface area contributed by atoms with E-state index < -0.39 is 11.6 Å². The maximum atomic E-state index is 12.3. The second kappa shape index (κ2) is 7.09. The number of carbonyl (C=O) groups is 2. The quantitative estimate of drug-likeness (QED) is 0.674. The maximum absolute atomic E-state index is 12.3. The Morgan fingerprint density at radius 2 is 2.05 bits per heavy atom. The molecule has 0 saturated carbocycles. The fourth-order valence-electron chi connectivity index (χ4n) is 2.64. The van der Waals surface area contributed by atoms with Gasteiger partial charge in [0.15, 0.2) is 0 Å². The van der Waals surface area contributed by atoms with Crippen LogP contribution in [0.2, 0.25) is 0 Å². The monoisotopic (exact) mass is 283 g/mol. The van der Waals surface area contributed by atoms with Crippen LogP contribution in [-0.4, -0.2) is 35.0 Å². The van der Waals surface area contributed by atoms with Crippen LogP contribution >= 0.6 is 0 Å². The first-order chi connectivity index (χ1) is 9.34. The zero-order valence-electron chi connectivity index (χ0n) is 13.6. The van der Waals surface area contributed by atoms with Crippen molar-refractivity contribution < 1.29 is 14.3 Å². The molecule has 1 aliphatic heterocycles. The third kappa shape index (κ3) is 4.22. The minimum atomic E-state index is -0.462. The molecule has 0 aromatic rings. The molecule has 0 unspecified atom stereocenters. The topological polar surface area (TPSA) is 46.6 Å². The highest BCUT2D eigenvalue weighted by Crippen LogP contribution is 2.26. The third-order valence-electron chi connectivity index (χ3n) is 4.20. The van der Waals surface area contributed by atoms with Crippen LogP contribution in [0.5, 0.6) is 0 Å². The Balaban J connectivity index is 2.71. The molecule has 4 nitrogen and oxygen atoms in total. The van der Waals surface area contributed by atoms with Gasteiger partial charge in [-0.2, -0.15) is 0 Å². The lowest BCUT2D eigenvalue weighted by atomic mass is 10.0. The van der Waals surface area contributed by atoms with Gasteiger partial charge in [-0.05, 0) is 39.0 Å². The van der Waals surface area contributed by atoms with E-state index in [0.29, 0.717) is 25.3 Å². The average molecular weight is 283 g/mol. The van der Waals surface area contributed by atoms with Crippen molar-refractivity contribution in [1.82, 2.24) is 4.90 Å². The Hall–Kier alpha value is -1.06. The minimum absolute atomic E-state index is 0.0987. The number of hydrogen-bond acceptors (Lipinski definition) is 3. The molecular formula is C16H29NO3. The van der Waals surface area contributed by atoms with Crippen molar-refractivity contribution in [3.05, 3.63) is 0 Å². The zero-order chi connectivity index (χ0) is 15.3. The molecule has 1 saturated heterocycles. The van der Waals surface area contributed by atoms with Gasteiger partial charge < -0.3 is 9.64 Å². The SMILES string of the molecule is CCC[C@@H]1CC(=O)N([C@@H](CC)C(=O)OC(C)(C)CC)C1. The van der Waals surface area contributed by atoms with Crippen molar-refractivity contribution in [2.24, 2.45) is 5.92 Å². The summed E-state index contributed by atoms with van der Waals surface area (Å²) in [6.45, 7) is 10.6. The van der Waals surface area contributed by atoms with Gasteiger partial charge in [-0.1, -0.05) is 27.2 Å². The summed E-state index contributed by atoms with van der Waals surface area (Å²) in [5, 5.41) is 0. The van der Waals surface area contributed by atoms with E-state index >= 15 is 0 Å². The number of ether oxygens (including phenoxy) is 1. The predicted molar refractivity (Wildman–Crippen MR) is 79.3 cm³/mol. The number of likely N-dealkylation sites (tertiary alicyclic amines) is 1. The standard InChI is InChI=1S/C16H29NO3/c1-6-9-12-10-14(18)17(11-12)13(7-2)15(19)20-16(4,5)8-3/h12-13H,6-11H2,1-5H3/t12-,13+/m1/s1. The predicted octanol–water partition coefficient (Wildman–Crippen LogP) is 3.15. The molecule has 4 heteroatoms. The van der Waals surface area contributed by atoms with Crippen LogP contribution in [0.4, 0.5) is 0 Å². The van der Waals surface area contributed by atoms with E-state index in [1.54, 1.807) is 4.90 Å². The molecule has 1 aliphatic rings. The van der Waals surface area contributed by atoms with Crippen LogP contribution in [0.1, 0.15) is 66.7 Å². The lowest BCUT2D eigenvalue weighted by Gasteiger charge is -2.30. The molecule has 0 bridgehead atoms. The Morgan fingerprint density at radius 1 is 1.40 bits per heavy atom. The maximum Gasteiger partial charge on any atom is 0.329 e. The Bertz CT molecular complexity index is 352. The smallest absolute Gasteiger partial charge is 0.329 e. The molecule has 1 fully saturated rings. The molecule has 0 radical (unpaired) electrons. The van der Waals surface area contributed by atoms with Crippen LogP contribution in [0.3, 0.4) is 0 Å².